The standard InChI is InChI=1S/C10H9BrF3NO2/c1-2-17-10(16)8-6(4-11)5(9(13)14)3-7(12)15-8/h3,9H,2,4H2,1H3. The third-order valence-corrected chi connectivity index (χ3v) is 2.53. The number of alkyl halides is 3. The van der Waals surface area contributed by atoms with Gasteiger partial charge in [0.1, 0.15) is 0 Å². The summed E-state index contributed by atoms with van der Waals surface area (Å²) in [6.07, 6.45) is -2.88. The van der Waals surface area contributed by atoms with Crippen molar-refractivity contribution in [2.75, 3.05) is 6.61 Å². The first kappa shape index (κ1) is 14.0. The van der Waals surface area contributed by atoms with E-state index in [4.69, 9.17) is 0 Å². The van der Waals surface area contributed by atoms with Gasteiger partial charge in [-0.05, 0) is 6.92 Å². The molecule has 0 N–H and O–H groups in total. The molecule has 1 aromatic rings. The highest BCUT2D eigenvalue weighted by atomic mass is 79.9. The molecule has 0 bridgehead atoms. The second kappa shape index (κ2) is 6.00. The summed E-state index contributed by atoms with van der Waals surface area (Å²) in [5.74, 6) is -2.04. The summed E-state index contributed by atoms with van der Waals surface area (Å²) in [4.78, 5) is 14.7. The van der Waals surface area contributed by atoms with E-state index < -0.39 is 29.6 Å². The number of nitrogens with zero attached hydrogens (tertiary/aromatic N) is 1. The summed E-state index contributed by atoms with van der Waals surface area (Å²) in [5, 5.41) is -0.0336. The van der Waals surface area contributed by atoms with Crippen LogP contribution in [0.15, 0.2) is 6.07 Å². The zero-order valence-electron chi connectivity index (χ0n) is 8.84. The van der Waals surface area contributed by atoms with Crippen LogP contribution in [-0.2, 0) is 10.1 Å². The van der Waals surface area contributed by atoms with E-state index >= 15 is 0 Å². The maximum absolute atomic E-state index is 13.0. The predicted molar refractivity (Wildman–Crippen MR) is 57.7 cm³/mol. The number of carbonyl (C=O) groups is 1. The highest BCUT2D eigenvalue weighted by Crippen LogP contribution is 2.27. The minimum Gasteiger partial charge on any atom is -0.461 e. The molecule has 0 atom stereocenters. The van der Waals surface area contributed by atoms with E-state index in [0.717, 1.165) is 0 Å². The molecular weight excluding hydrogens is 303 g/mol. The summed E-state index contributed by atoms with van der Waals surface area (Å²) in [5.41, 5.74) is -1.03. The molecule has 0 unspecified atom stereocenters. The smallest absolute Gasteiger partial charge is 0.357 e. The Morgan fingerprint density at radius 3 is 2.71 bits per heavy atom. The molecule has 0 radical (unpaired) electrons. The fourth-order valence-corrected chi connectivity index (χ4v) is 1.85. The van der Waals surface area contributed by atoms with Crippen LogP contribution in [0.2, 0.25) is 0 Å². The van der Waals surface area contributed by atoms with Crippen molar-refractivity contribution in [1.29, 1.82) is 0 Å². The number of halogens is 4. The van der Waals surface area contributed by atoms with Crippen molar-refractivity contribution in [2.45, 2.75) is 18.7 Å². The van der Waals surface area contributed by atoms with Crippen molar-refractivity contribution in [1.82, 2.24) is 4.98 Å². The van der Waals surface area contributed by atoms with E-state index in [1.54, 1.807) is 6.92 Å². The molecule has 1 rings (SSSR count). The molecule has 0 aliphatic heterocycles. The van der Waals surface area contributed by atoms with Gasteiger partial charge in [0, 0.05) is 22.5 Å². The van der Waals surface area contributed by atoms with Gasteiger partial charge in [0.25, 0.3) is 6.43 Å². The Labute approximate surface area is 104 Å². The first-order chi connectivity index (χ1) is 8.01. The summed E-state index contributed by atoms with van der Waals surface area (Å²) in [6, 6.07) is 0.615. The topological polar surface area (TPSA) is 39.2 Å². The van der Waals surface area contributed by atoms with Gasteiger partial charge in [-0.1, -0.05) is 15.9 Å². The van der Waals surface area contributed by atoms with E-state index in [2.05, 4.69) is 25.7 Å². The molecule has 7 heteroatoms. The Hall–Kier alpha value is -1.11. The van der Waals surface area contributed by atoms with Gasteiger partial charge in [-0.25, -0.2) is 18.6 Å². The van der Waals surface area contributed by atoms with Crippen LogP contribution in [0.3, 0.4) is 0 Å². The molecule has 0 saturated carbocycles. The molecule has 3 nitrogen and oxygen atoms in total. The van der Waals surface area contributed by atoms with E-state index in [1.807, 2.05) is 0 Å². The quantitative estimate of drug-likeness (QED) is 0.487. The second-order valence-corrected chi connectivity index (χ2v) is 3.58. The van der Waals surface area contributed by atoms with Crippen molar-refractivity contribution in [3.63, 3.8) is 0 Å². The van der Waals surface area contributed by atoms with Crippen LogP contribution in [0.4, 0.5) is 13.2 Å². The van der Waals surface area contributed by atoms with Crippen molar-refractivity contribution in [2.24, 2.45) is 0 Å². The van der Waals surface area contributed by atoms with Crippen LogP contribution in [-0.4, -0.2) is 17.6 Å². The van der Waals surface area contributed by atoms with Gasteiger partial charge in [0.05, 0.1) is 6.61 Å². The van der Waals surface area contributed by atoms with E-state index in [-0.39, 0.29) is 17.5 Å². The fraction of sp³-hybridized carbons (Fsp3) is 0.400. The number of pyridine rings is 1. The number of aromatic nitrogens is 1. The zero-order chi connectivity index (χ0) is 13.0. The van der Waals surface area contributed by atoms with E-state index in [1.165, 1.54) is 0 Å². The van der Waals surface area contributed by atoms with Gasteiger partial charge >= 0.3 is 5.97 Å². The molecule has 1 heterocycles. The largest absolute Gasteiger partial charge is 0.461 e. The van der Waals surface area contributed by atoms with Gasteiger partial charge in [0.2, 0.25) is 5.95 Å². The molecule has 0 fully saturated rings. The van der Waals surface area contributed by atoms with Crippen LogP contribution in [0.5, 0.6) is 0 Å². The van der Waals surface area contributed by atoms with Gasteiger partial charge in [0.15, 0.2) is 5.69 Å². The molecule has 0 aromatic carbocycles. The van der Waals surface area contributed by atoms with Gasteiger partial charge in [-0.3, -0.25) is 0 Å². The lowest BCUT2D eigenvalue weighted by molar-refractivity contribution is 0.0516. The predicted octanol–water partition coefficient (Wildman–Crippen LogP) is 3.23. The summed E-state index contributed by atoms with van der Waals surface area (Å²) < 4.78 is 43.0. The van der Waals surface area contributed by atoms with Crippen molar-refractivity contribution in [3.8, 4) is 0 Å². The first-order valence-corrected chi connectivity index (χ1v) is 5.83. The normalized spacial score (nSPS) is 10.7. The highest BCUT2D eigenvalue weighted by molar-refractivity contribution is 9.08. The maximum Gasteiger partial charge on any atom is 0.357 e. The van der Waals surface area contributed by atoms with Crippen molar-refractivity contribution >= 4 is 21.9 Å². The Kier molecular flexibility index (Phi) is 4.92. The van der Waals surface area contributed by atoms with Crippen LogP contribution in [0.25, 0.3) is 0 Å². The number of rotatable bonds is 4. The number of hydrogen-bond donors (Lipinski definition) is 0. The fourth-order valence-electron chi connectivity index (χ4n) is 1.26. The Morgan fingerprint density at radius 1 is 1.59 bits per heavy atom. The molecule has 0 aliphatic rings. The lowest BCUT2D eigenvalue weighted by Crippen LogP contribution is -2.13. The minimum atomic E-state index is -2.88. The Bertz CT molecular complexity index is 426. The summed E-state index contributed by atoms with van der Waals surface area (Å²) in [6.45, 7) is 1.61. The van der Waals surface area contributed by atoms with Gasteiger partial charge < -0.3 is 4.74 Å². The molecule has 1 aromatic heterocycles. The summed E-state index contributed by atoms with van der Waals surface area (Å²) in [7, 11) is 0. The number of esters is 1. The first-order valence-electron chi connectivity index (χ1n) is 4.71. The molecule has 17 heavy (non-hydrogen) atoms. The van der Waals surface area contributed by atoms with Crippen LogP contribution < -0.4 is 0 Å². The molecule has 0 saturated heterocycles. The molecule has 0 spiro atoms. The Morgan fingerprint density at radius 2 is 2.24 bits per heavy atom. The number of hydrogen-bond acceptors (Lipinski definition) is 3. The third kappa shape index (κ3) is 3.18. The SMILES string of the molecule is CCOC(=O)c1nc(F)cc(C(F)F)c1CBr. The third-order valence-electron chi connectivity index (χ3n) is 1.97. The summed E-state index contributed by atoms with van der Waals surface area (Å²) >= 11 is 2.97. The van der Waals surface area contributed by atoms with Crippen LogP contribution >= 0.6 is 15.9 Å². The number of carbonyl (C=O) groups excluding carboxylic acids is 1. The molecule has 0 amide bonds. The number of ether oxygens (including phenoxy) is 1. The lowest BCUT2D eigenvalue weighted by atomic mass is 10.1. The van der Waals surface area contributed by atoms with Gasteiger partial charge in [-0.15, -0.1) is 0 Å². The van der Waals surface area contributed by atoms with Crippen molar-refractivity contribution in [3.05, 3.63) is 28.8 Å². The Balaban J connectivity index is 3.32. The van der Waals surface area contributed by atoms with E-state index in [0.29, 0.717) is 6.07 Å². The molecular formula is C10H9BrF3NO2. The maximum atomic E-state index is 13.0. The second-order valence-electron chi connectivity index (χ2n) is 3.02. The average molecular weight is 312 g/mol. The average Bonchev–Trinajstić information content (AvgIpc) is 2.28. The zero-order valence-corrected chi connectivity index (χ0v) is 10.4. The van der Waals surface area contributed by atoms with E-state index in [9.17, 15) is 18.0 Å². The highest BCUT2D eigenvalue weighted by Gasteiger charge is 2.23. The minimum absolute atomic E-state index is 0.0336. The molecule has 94 valence electrons. The molecule has 0 aliphatic carbocycles. The lowest BCUT2D eigenvalue weighted by Gasteiger charge is -2.10. The van der Waals surface area contributed by atoms with Gasteiger partial charge in [-0.2, -0.15) is 4.39 Å². The van der Waals surface area contributed by atoms with Crippen LogP contribution in [0.1, 0.15) is 35.0 Å². The van der Waals surface area contributed by atoms with Crippen LogP contribution in [0, 0.1) is 5.95 Å². The monoisotopic (exact) mass is 311 g/mol. The van der Waals surface area contributed by atoms with Crippen molar-refractivity contribution < 1.29 is 22.7 Å².